The zero-order valence-electron chi connectivity index (χ0n) is 10.6. The van der Waals surface area contributed by atoms with Crippen LogP contribution in [-0.4, -0.2) is 26.1 Å². The molecule has 9 heteroatoms. The van der Waals surface area contributed by atoms with Crippen molar-refractivity contribution in [3.05, 3.63) is 35.7 Å². The van der Waals surface area contributed by atoms with Crippen LogP contribution in [0.4, 0.5) is 18.9 Å². The monoisotopic (exact) mass is 297 g/mol. The van der Waals surface area contributed by atoms with Gasteiger partial charge in [0.25, 0.3) is 5.91 Å². The average molecular weight is 297 g/mol. The highest BCUT2D eigenvalue weighted by Gasteiger charge is 2.32. The van der Waals surface area contributed by atoms with E-state index in [1.807, 2.05) is 0 Å². The molecule has 2 N–H and O–H groups in total. The Morgan fingerprint density at radius 2 is 2.10 bits per heavy atom. The number of aromatic amines is 1. The molecule has 2 aromatic heterocycles. The van der Waals surface area contributed by atoms with Gasteiger partial charge in [-0.3, -0.25) is 9.89 Å². The third-order valence-corrected chi connectivity index (χ3v) is 2.98. The van der Waals surface area contributed by atoms with Gasteiger partial charge in [0.2, 0.25) is 5.82 Å². The van der Waals surface area contributed by atoms with Gasteiger partial charge in [0.1, 0.15) is 11.5 Å². The molecule has 1 aliphatic carbocycles. The van der Waals surface area contributed by atoms with Gasteiger partial charge >= 0.3 is 6.18 Å². The summed E-state index contributed by atoms with van der Waals surface area (Å²) in [6.45, 7) is 0. The van der Waals surface area contributed by atoms with Crippen LogP contribution in [0.2, 0.25) is 0 Å². The van der Waals surface area contributed by atoms with Crippen LogP contribution in [0, 0.1) is 0 Å². The number of anilines is 1. The lowest BCUT2D eigenvalue weighted by atomic mass is 10.3. The second kappa shape index (κ2) is 4.83. The standard InChI is InChI=1S/C12H10F3N5O/c13-12(14,15)8-4-3-7(5-16-8)17-11(21)10-18-9(19-20-10)6-1-2-6/h3-6H,1-2H2,(H,17,21)(H,18,19,20). The van der Waals surface area contributed by atoms with Gasteiger partial charge in [-0.1, -0.05) is 0 Å². The van der Waals surface area contributed by atoms with Crippen LogP contribution >= 0.6 is 0 Å². The van der Waals surface area contributed by atoms with Gasteiger partial charge in [-0.05, 0) is 25.0 Å². The van der Waals surface area contributed by atoms with E-state index in [0.717, 1.165) is 31.2 Å². The topological polar surface area (TPSA) is 83.6 Å². The summed E-state index contributed by atoms with van der Waals surface area (Å²) in [5.41, 5.74) is -0.875. The van der Waals surface area contributed by atoms with Gasteiger partial charge in [0, 0.05) is 5.92 Å². The minimum atomic E-state index is -4.51. The highest BCUT2D eigenvalue weighted by atomic mass is 19.4. The minimum Gasteiger partial charge on any atom is -0.318 e. The second-order valence-corrected chi connectivity index (χ2v) is 4.70. The number of hydrogen-bond donors (Lipinski definition) is 2. The number of rotatable bonds is 3. The smallest absolute Gasteiger partial charge is 0.318 e. The van der Waals surface area contributed by atoms with Crippen LogP contribution in [0.5, 0.6) is 0 Å². The third-order valence-electron chi connectivity index (χ3n) is 2.98. The number of H-pyrrole nitrogens is 1. The zero-order valence-corrected chi connectivity index (χ0v) is 10.6. The highest BCUT2D eigenvalue weighted by molar-refractivity contribution is 6.01. The van der Waals surface area contributed by atoms with E-state index in [0.29, 0.717) is 11.7 Å². The zero-order chi connectivity index (χ0) is 15.0. The number of nitrogens with zero attached hydrogens (tertiary/aromatic N) is 3. The molecule has 3 rings (SSSR count). The van der Waals surface area contributed by atoms with Crippen molar-refractivity contribution in [1.82, 2.24) is 20.2 Å². The molecule has 21 heavy (non-hydrogen) atoms. The molecule has 2 aromatic rings. The predicted octanol–water partition coefficient (Wildman–Crippen LogP) is 2.35. The van der Waals surface area contributed by atoms with Gasteiger partial charge in [-0.25, -0.2) is 9.97 Å². The quantitative estimate of drug-likeness (QED) is 0.911. The van der Waals surface area contributed by atoms with E-state index >= 15 is 0 Å². The van der Waals surface area contributed by atoms with Crippen LogP contribution < -0.4 is 5.32 Å². The van der Waals surface area contributed by atoms with E-state index in [-0.39, 0.29) is 11.5 Å². The van der Waals surface area contributed by atoms with Crippen LogP contribution in [0.1, 0.15) is 40.9 Å². The number of aromatic nitrogens is 4. The molecule has 2 heterocycles. The highest BCUT2D eigenvalue weighted by Crippen LogP contribution is 2.37. The Hall–Kier alpha value is -2.45. The number of carbonyl (C=O) groups is 1. The van der Waals surface area contributed by atoms with Crippen LogP contribution in [-0.2, 0) is 6.18 Å². The lowest BCUT2D eigenvalue weighted by Gasteiger charge is -2.06. The molecule has 6 nitrogen and oxygen atoms in total. The molecule has 0 radical (unpaired) electrons. The minimum absolute atomic E-state index is 0.0446. The lowest BCUT2D eigenvalue weighted by molar-refractivity contribution is -0.141. The first-order valence-electron chi connectivity index (χ1n) is 6.20. The molecule has 0 bridgehead atoms. The van der Waals surface area contributed by atoms with Crippen molar-refractivity contribution < 1.29 is 18.0 Å². The maximum atomic E-state index is 12.4. The number of hydrogen-bond acceptors (Lipinski definition) is 4. The van der Waals surface area contributed by atoms with Gasteiger partial charge in [-0.2, -0.15) is 13.2 Å². The van der Waals surface area contributed by atoms with Gasteiger partial charge in [0.05, 0.1) is 11.9 Å². The molecule has 0 spiro atoms. The number of carbonyl (C=O) groups excluding carboxylic acids is 1. The molecule has 0 saturated heterocycles. The number of nitrogens with one attached hydrogen (secondary N) is 2. The SMILES string of the molecule is O=C(Nc1ccc(C(F)(F)F)nc1)c1n[nH]c(C2CC2)n1. The number of halogens is 3. The molecule has 1 aliphatic rings. The summed E-state index contributed by atoms with van der Waals surface area (Å²) in [5.74, 6) is 0.342. The van der Waals surface area contributed by atoms with Gasteiger partial charge in [0.15, 0.2) is 0 Å². The fourth-order valence-corrected chi connectivity index (χ4v) is 1.74. The Morgan fingerprint density at radius 1 is 1.33 bits per heavy atom. The van der Waals surface area contributed by atoms with Crippen LogP contribution in [0.3, 0.4) is 0 Å². The van der Waals surface area contributed by atoms with Crippen LogP contribution in [0.15, 0.2) is 18.3 Å². The van der Waals surface area contributed by atoms with Crippen molar-refractivity contribution in [2.45, 2.75) is 24.9 Å². The van der Waals surface area contributed by atoms with E-state index in [2.05, 4.69) is 25.5 Å². The van der Waals surface area contributed by atoms with Crippen molar-refractivity contribution in [3.63, 3.8) is 0 Å². The normalized spacial score (nSPS) is 15.0. The fraction of sp³-hybridized carbons (Fsp3) is 0.333. The summed E-state index contributed by atoms with van der Waals surface area (Å²) in [6, 6.07) is 1.92. The van der Waals surface area contributed by atoms with Crippen molar-refractivity contribution in [1.29, 1.82) is 0 Å². The average Bonchev–Trinajstić information content (AvgIpc) is 3.16. The Morgan fingerprint density at radius 3 is 2.67 bits per heavy atom. The Labute approximate surface area is 116 Å². The van der Waals surface area contributed by atoms with Gasteiger partial charge in [-0.15, -0.1) is 5.10 Å². The summed E-state index contributed by atoms with van der Waals surface area (Å²) < 4.78 is 37.1. The Balaban J connectivity index is 1.68. The molecule has 1 saturated carbocycles. The van der Waals surface area contributed by atoms with E-state index in [1.165, 1.54) is 0 Å². The molecule has 110 valence electrons. The summed E-state index contributed by atoms with van der Waals surface area (Å²) in [7, 11) is 0. The third kappa shape index (κ3) is 3.01. The number of alkyl halides is 3. The van der Waals surface area contributed by atoms with E-state index in [1.54, 1.807) is 0 Å². The predicted molar refractivity (Wildman–Crippen MR) is 65.5 cm³/mol. The second-order valence-electron chi connectivity index (χ2n) is 4.70. The molecule has 0 aliphatic heterocycles. The van der Waals surface area contributed by atoms with Crippen molar-refractivity contribution in [3.8, 4) is 0 Å². The van der Waals surface area contributed by atoms with E-state index in [9.17, 15) is 18.0 Å². The molecule has 0 atom stereocenters. The first kappa shape index (κ1) is 13.5. The maximum absolute atomic E-state index is 12.4. The fourth-order valence-electron chi connectivity index (χ4n) is 1.74. The summed E-state index contributed by atoms with van der Waals surface area (Å²) in [5, 5.41) is 8.85. The lowest BCUT2D eigenvalue weighted by Crippen LogP contribution is -2.15. The molecule has 1 amide bonds. The van der Waals surface area contributed by atoms with Crippen LogP contribution in [0.25, 0.3) is 0 Å². The Kier molecular flexibility index (Phi) is 3.11. The van der Waals surface area contributed by atoms with Crippen molar-refractivity contribution in [2.24, 2.45) is 0 Å². The van der Waals surface area contributed by atoms with Gasteiger partial charge < -0.3 is 5.32 Å². The number of amides is 1. The van der Waals surface area contributed by atoms with E-state index < -0.39 is 17.8 Å². The maximum Gasteiger partial charge on any atom is 0.433 e. The van der Waals surface area contributed by atoms with Crippen molar-refractivity contribution >= 4 is 11.6 Å². The summed E-state index contributed by atoms with van der Waals surface area (Å²) in [4.78, 5) is 19.1. The Bertz CT molecular complexity index is 660. The van der Waals surface area contributed by atoms with Crippen molar-refractivity contribution in [2.75, 3.05) is 5.32 Å². The molecule has 0 aromatic carbocycles. The molecular formula is C12H10F3N5O. The summed E-state index contributed by atoms with van der Waals surface area (Å²) in [6.07, 6.45) is -1.54. The summed E-state index contributed by atoms with van der Waals surface area (Å²) >= 11 is 0. The first-order valence-corrected chi connectivity index (χ1v) is 6.20. The first-order chi connectivity index (χ1) is 9.93. The molecular weight excluding hydrogens is 287 g/mol. The molecule has 0 unspecified atom stereocenters. The van der Waals surface area contributed by atoms with E-state index in [4.69, 9.17) is 0 Å². The molecule has 1 fully saturated rings. The number of pyridine rings is 1. The largest absolute Gasteiger partial charge is 0.433 e.